The minimum Gasteiger partial charge on any atom is -0.353 e. The number of carbonyl (C=O) groups is 1. The van der Waals surface area contributed by atoms with Gasteiger partial charge in [-0.05, 0) is 13.0 Å². The van der Waals surface area contributed by atoms with Crippen LogP contribution in [0.2, 0.25) is 0 Å². The summed E-state index contributed by atoms with van der Waals surface area (Å²) in [6.45, 7) is 1.98. The quantitative estimate of drug-likeness (QED) is 0.605. The molecular weight excluding hydrogens is 128 g/mol. The predicted molar refractivity (Wildman–Crippen MR) is 39.8 cm³/mol. The van der Waals surface area contributed by atoms with Gasteiger partial charge in [-0.25, -0.2) is 0 Å². The molecule has 1 aromatic rings. The highest BCUT2D eigenvalue weighted by molar-refractivity contribution is 5.71. The topological polar surface area (TPSA) is 34.0 Å². The predicted octanol–water partition coefficient (Wildman–Crippen LogP) is 0.902. The van der Waals surface area contributed by atoms with Gasteiger partial charge in [-0.2, -0.15) is 0 Å². The molecule has 0 fully saturated rings. The van der Waals surface area contributed by atoms with E-state index in [9.17, 15) is 4.79 Å². The van der Waals surface area contributed by atoms with Crippen LogP contribution in [0.25, 0.3) is 0 Å². The van der Waals surface area contributed by atoms with Crippen molar-refractivity contribution >= 4 is 12.1 Å². The number of amides is 1. The summed E-state index contributed by atoms with van der Waals surface area (Å²) >= 11 is 0. The first-order chi connectivity index (χ1) is 4.74. The van der Waals surface area contributed by atoms with Gasteiger partial charge in [0, 0.05) is 18.9 Å². The number of nitrogens with zero attached hydrogens (tertiary/aromatic N) is 1. The molecule has 0 saturated heterocycles. The van der Waals surface area contributed by atoms with Crippen molar-refractivity contribution in [2.24, 2.45) is 7.05 Å². The van der Waals surface area contributed by atoms with E-state index < -0.39 is 0 Å². The Hall–Kier alpha value is -1.25. The molecule has 0 aliphatic rings. The van der Waals surface area contributed by atoms with Crippen LogP contribution in [-0.4, -0.2) is 11.0 Å². The molecule has 1 rings (SSSR count). The number of carbonyl (C=O) groups excluding carboxylic acids is 1. The van der Waals surface area contributed by atoms with Gasteiger partial charge >= 0.3 is 0 Å². The highest BCUT2D eigenvalue weighted by Crippen LogP contribution is 2.09. The van der Waals surface area contributed by atoms with E-state index in [4.69, 9.17) is 0 Å². The number of nitrogens with one attached hydrogen (secondary N) is 1. The zero-order valence-corrected chi connectivity index (χ0v) is 6.09. The molecule has 0 unspecified atom stereocenters. The van der Waals surface area contributed by atoms with Gasteiger partial charge in [-0.1, -0.05) is 0 Å². The van der Waals surface area contributed by atoms with Crippen molar-refractivity contribution in [2.45, 2.75) is 6.92 Å². The third-order valence-corrected chi connectivity index (χ3v) is 1.48. The summed E-state index contributed by atoms with van der Waals surface area (Å²) in [6, 6.07) is 1.91. The molecule has 54 valence electrons. The smallest absolute Gasteiger partial charge is 0.211 e. The summed E-state index contributed by atoms with van der Waals surface area (Å²) in [6.07, 6.45) is 2.54. The molecule has 0 saturated carbocycles. The molecule has 1 aromatic heterocycles. The first kappa shape index (κ1) is 6.86. The van der Waals surface area contributed by atoms with Crippen LogP contribution in [0.15, 0.2) is 12.3 Å². The Labute approximate surface area is 59.7 Å². The van der Waals surface area contributed by atoms with Gasteiger partial charge < -0.3 is 9.88 Å². The first-order valence-corrected chi connectivity index (χ1v) is 3.07. The fourth-order valence-electron chi connectivity index (χ4n) is 0.822. The Morgan fingerprint density at radius 2 is 2.40 bits per heavy atom. The van der Waals surface area contributed by atoms with Gasteiger partial charge in [0.25, 0.3) is 0 Å². The molecule has 0 atom stereocenters. The van der Waals surface area contributed by atoms with Crippen molar-refractivity contribution in [3.05, 3.63) is 18.0 Å². The van der Waals surface area contributed by atoms with E-state index in [1.54, 1.807) is 0 Å². The molecule has 0 aliphatic carbocycles. The zero-order chi connectivity index (χ0) is 7.56. The maximum Gasteiger partial charge on any atom is 0.211 e. The molecule has 0 aliphatic heterocycles. The van der Waals surface area contributed by atoms with Gasteiger partial charge in [0.1, 0.15) is 0 Å². The molecule has 0 bridgehead atoms. The SMILES string of the molecule is Cc1cc(NC=O)cn1C. The lowest BCUT2D eigenvalue weighted by molar-refractivity contribution is -0.105. The lowest BCUT2D eigenvalue weighted by Crippen LogP contribution is -1.90. The third-order valence-electron chi connectivity index (χ3n) is 1.48. The number of rotatable bonds is 2. The van der Waals surface area contributed by atoms with Crippen molar-refractivity contribution in [1.29, 1.82) is 0 Å². The molecule has 3 heteroatoms. The number of anilines is 1. The van der Waals surface area contributed by atoms with Crippen LogP contribution in [0, 0.1) is 6.92 Å². The van der Waals surface area contributed by atoms with Crippen LogP contribution in [0.4, 0.5) is 5.69 Å². The number of hydrogen-bond acceptors (Lipinski definition) is 1. The maximum absolute atomic E-state index is 9.97. The molecule has 10 heavy (non-hydrogen) atoms. The Bertz CT molecular complexity index is 220. The minimum absolute atomic E-state index is 0.675. The summed E-state index contributed by atoms with van der Waals surface area (Å²) in [5.41, 5.74) is 1.97. The van der Waals surface area contributed by atoms with Crippen LogP contribution in [0.1, 0.15) is 5.69 Å². The van der Waals surface area contributed by atoms with E-state index in [1.165, 1.54) is 0 Å². The summed E-state index contributed by atoms with van der Waals surface area (Å²) in [4.78, 5) is 9.97. The van der Waals surface area contributed by atoms with Crippen molar-refractivity contribution in [1.82, 2.24) is 4.57 Å². The van der Waals surface area contributed by atoms with E-state index in [0.717, 1.165) is 11.4 Å². The van der Waals surface area contributed by atoms with Crippen molar-refractivity contribution in [3.8, 4) is 0 Å². The molecule has 3 nitrogen and oxygen atoms in total. The largest absolute Gasteiger partial charge is 0.353 e. The van der Waals surface area contributed by atoms with Crippen molar-refractivity contribution < 1.29 is 4.79 Å². The number of hydrogen-bond donors (Lipinski definition) is 1. The van der Waals surface area contributed by atoms with Gasteiger partial charge in [-0.15, -0.1) is 0 Å². The second kappa shape index (κ2) is 2.56. The van der Waals surface area contributed by atoms with E-state index in [1.807, 2.05) is 30.8 Å². The fraction of sp³-hybridized carbons (Fsp3) is 0.286. The van der Waals surface area contributed by atoms with Crippen LogP contribution >= 0.6 is 0 Å². The second-order valence-corrected chi connectivity index (χ2v) is 2.24. The van der Waals surface area contributed by atoms with Crippen LogP contribution in [0.3, 0.4) is 0 Å². The molecule has 1 amide bonds. The molecule has 0 radical (unpaired) electrons. The van der Waals surface area contributed by atoms with Gasteiger partial charge in [0.2, 0.25) is 6.41 Å². The average Bonchev–Trinajstić information content (AvgIpc) is 2.14. The standard InChI is InChI=1S/C7H10N2O/c1-6-3-7(8-5-10)4-9(6)2/h3-5H,1-2H3,(H,8,10). The zero-order valence-electron chi connectivity index (χ0n) is 6.09. The lowest BCUT2D eigenvalue weighted by atomic mass is 10.4. The highest BCUT2D eigenvalue weighted by Gasteiger charge is 1.94. The maximum atomic E-state index is 9.97. The lowest BCUT2D eigenvalue weighted by Gasteiger charge is -1.90. The van der Waals surface area contributed by atoms with E-state index in [2.05, 4.69) is 5.32 Å². The molecule has 0 spiro atoms. The molecule has 1 heterocycles. The Morgan fingerprint density at radius 1 is 1.70 bits per heavy atom. The summed E-state index contributed by atoms with van der Waals surface area (Å²) < 4.78 is 1.95. The van der Waals surface area contributed by atoms with E-state index in [-0.39, 0.29) is 0 Å². The number of aryl methyl sites for hydroxylation is 2. The Morgan fingerprint density at radius 3 is 2.80 bits per heavy atom. The third kappa shape index (κ3) is 1.18. The normalized spacial score (nSPS) is 9.40. The molecule has 1 N–H and O–H groups in total. The first-order valence-electron chi connectivity index (χ1n) is 3.07. The molecular formula is C7H10N2O. The average molecular weight is 138 g/mol. The number of aromatic nitrogens is 1. The Kier molecular flexibility index (Phi) is 1.76. The van der Waals surface area contributed by atoms with Gasteiger partial charge in [0.05, 0.1) is 5.69 Å². The monoisotopic (exact) mass is 138 g/mol. The van der Waals surface area contributed by atoms with Crippen LogP contribution < -0.4 is 5.32 Å². The molecule has 0 aromatic carbocycles. The van der Waals surface area contributed by atoms with Gasteiger partial charge in [0.15, 0.2) is 0 Å². The van der Waals surface area contributed by atoms with E-state index in [0.29, 0.717) is 6.41 Å². The summed E-state index contributed by atoms with van der Waals surface area (Å²) in [5.74, 6) is 0. The second-order valence-electron chi connectivity index (χ2n) is 2.24. The highest BCUT2D eigenvalue weighted by atomic mass is 16.1. The van der Waals surface area contributed by atoms with Crippen LogP contribution in [0.5, 0.6) is 0 Å². The summed E-state index contributed by atoms with van der Waals surface area (Å²) in [7, 11) is 1.94. The fourth-order valence-corrected chi connectivity index (χ4v) is 0.822. The van der Waals surface area contributed by atoms with Crippen LogP contribution in [-0.2, 0) is 11.8 Å². The van der Waals surface area contributed by atoms with E-state index >= 15 is 0 Å². The van der Waals surface area contributed by atoms with Gasteiger partial charge in [-0.3, -0.25) is 4.79 Å². The summed E-state index contributed by atoms with van der Waals surface area (Å²) in [5, 5.41) is 2.57. The minimum atomic E-state index is 0.675. The van der Waals surface area contributed by atoms with Crippen molar-refractivity contribution in [2.75, 3.05) is 5.32 Å². The Balaban J connectivity index is 2.86. The van der Waals surface area contributed by atoms with Crippen molar-refractivity contribution in [3.63, 3.8) is 0 Å².